The summed E-state index contributed by atoms with van der Waals surface area (Å²) in [5.74, 6) is 0.266. The smallest absolute Gasteiger partial charge is 0.317 e. The van der Waals surface area contributed by atoms with Gasteiger partial charge < -0.3 is 20.3 Å². The third-order valence-electron chi connectivity index (χ3n) is 4.22. The molecule has 2 aromatic rings. The minimum Gasteiger partial charge on any atom is -0.391 e. The number of benzene rings is 1. The lowest BCUT2D eigenvalue weighted by Gasteiger charge is -2.34. The quantitative estimate of drug-likeness (QED) is 0.791. The van der Waals surface area contributed by atoms with Crippen molar-refractivity contribution >= 4 is 16.9 Å². The van der Waals surface area contributed by atoms with Crippen molar-refractivity contribution in [1.82, 2.24) is 15.2 Å². The summed E-state index contributed by atoms with van der Waals surface area (Å²) in [5.41, 5.74) is 2.06. The average molecular weight is 287 g/mol. The van der Waals surface area contributed by atoms with Gasteiger partial charge in [-0.1, -0.05) is 25.1 Å². The molecule has 2 atom stereocenters. The van der Waals surface area contributed by atoms with E-state index in [0.29, 0.717) is 19.6 Å². The van der Waals surface area contributed by atoms with Gasteiger partial charge in [-0.3, -0.25) is 0 Å². The van der Waals surface area contributed by atoms with E-state index in [1.807, 2.05) is 37.3 Å². The Balaban J connectivity index is 1.58. The first-order valence-corrected chi connectivity index (χ1v) is 7.41. The molecule has 21 heavy (non-hydrogen) atoms. The predicted molar refractivity (Wildman–Crippen MR) is 81.9 cm³/mol. The predicted octanol–water partition coefficient (Wildman–Crippen LogP) is 2.08. The van der Waals surface area contributed by atoms with E-state index in [9.17, 15) is 9.90 Å². The Hall–Kier alpha value is -2.01. The van der Waals surface area contributed by atoms with Crippen molar-refractivity contribution < 1.29 is 9.90 Å². The molecule has 2 heterocycles. The zero-order chi connectivity index (χ0) is 14.8. The van der Waals surface area contributed by atoms with Crippen LogP contribution in [0.3, 0.4) is 0 Å². The number of amides is 2. The number of likely N-dealkylation sites (tertiary alicyclic amines) is 1. The summed E-state index contributed by atoms with van der Waals surface area (Å²) in [6.07, 6.45) is 0.429. The molecule has 0 bridgehead atoms. The SMILES string of the molecule is CC1CCN(C(=O)NCc2cc3ccccc3[nH]2)CC1O. The Kier molecular flexibility index (Phi) is 3.84. The molecule has 1 aromatic carbocycles. The second kappa shape index (κ2) is 5.77. The number of nitrogens with one attached hydrogen (secondary N) is 2. The molecule has 0 spiro atoms. The van der Waals surface area contributed by atoms with Crippen molar-refractivity contribution in [3.63, 3.8) is 0 Å². The third kappa shape index (κ3) is 3.03. The molecule has 3 N–H and O–H groups in total. The van der Waals surface area contributed by atoms with Gasteiger partial charge in [-0.25, -0.2) is 4.79 Å². The van der Waals surface area contributed by atoms with Crippen LogP contribution in [0, 0.1) is 5.92 Å². The number of hydrogen-bond acceptors (Lipinski definition) is 2. The number of para-hydroxylation sites is 1. The lowest BCUT2D eigenvalue weighted by molar-refractivity contribution is 0.0435. The normalized spacial score (nSPS) is 22.5. The maximum atomic E-state index is 12.1. The highest BCUT2D eigenvalue weighted by Gasteiger charge is 2.27. The molecule has 0 aliphatic carbocycles. The maximum Gasteiger partial charge on any atom is 0.317 e. The summed E-state index contributed by atoms with van der Waals surface area (Å²) in [7, 11) is 0. The number of nitrogens with zero attached hydrogens (tertiary/aromatic N) is 1. The first-order chi connectivity index (χ1) is 10.1. The van der Waals surface area contributed by atoms with Crippen molar-refractivity contribution in [3.8, 4) is 0 Å². The fraction of sp³-hybridized carbons (Fsp3) is 0.438. The highest BCUT2D eigenvalue weighted by atomic mass is 16.3. The highest BCUT2D eigenvalue weighted by Crippen LogP contribution is 2.17. The summed E-state index contributed by atoms with van der Waals surface area (Å²) in [5, 5.41) is 13.9. The van der Waals surface area contributed by atoms with Gasteiger partial charge >= 0.3 is 6.03 Å². The largest absolute Gasteiger partial charge is 0.391 e. The van der Waals surface area contributed by atoms with Crippen molar-refractivity contribution in [1.29, 1.82) is 0 Å². The van der Waals surface area contributed by atoms with E-state index in [0.717, 1.165) is 23.0 Å². The molecule has 1 saturated heterocycles. The number of β-amino-alcohol motifs (C(OH)–C–C–N with tert-alkyl or cyclic N) is 1. The number of carbonyl (C=O) groups is 1. The summed E-state index contributed by atoms with van der Waals surface area (Å²) in [6.45, 7) is 3.61. The van der Waals surface area contributed by atoms with Crippen LogP contribution in [0.4, 0.5) is 4.79 Å². The number of hydrogen-bond donors (Lipinski definition) is 3. The van der Waals surface area contributed by atoms with Crippen molar-refractivity contribution in [2.45, 2.75) is 26.0 Å². The van der Waals surface area contributed by atoms with Crippen LogP contribution >= 0.6 is 0 Å². The summed E-state index contributed by atoms with van der Waals surface area (Å²) in [4.78, 5) is 17.1. The third-order valence-corrected chi connectivity index (χ3v) is 4.22. The van der Waals surface area contributed by atoms with Crippen molar-refractivity contribution in [3.05, 3.63) is 36.0 Å². The highest BCUT2D eigenvalue weighted by molar-refractivity contribution is 5.80. The van der Waals surface area contributed by atoms with E-state index in [4.69, 9.17) is 0 Å². The van der Waals surface area contributed by atoms with Crippen LogP contribution in [-0.4, -0.2) is 40.2 Å². The van der Waals surface area contributed by atoms with Gasteiger partial charge in [0.2, 0.25) is 0 Å². The minimum atomic E-state index is -0.419. The fourth-order valence-corrected chi connectivity index (χ4v) is 2.74. The number of aromatic nitrogens is 1. The second-order valence-electron chi connectivity index (χ2n) is 5.82. The second-order valence-corrected chi connectivity index (χ2v) is 5.82. The van der Waals surface area contributed by atoms with E-state index in [1.165, 1.54) is 0 Å². The van der Waals surface area contributed by atoms with Crippen LogP contribution in [0.5, 0.6) is 0 Å². The van der Waals surface area contributed by atoms with Crippen LogP contribution in [-0.2, 0) is 6.54 Å². The molecule has 112 valence electrons. The molecule has 1 fully saturated rings. The van der Waals surface area contributed by atoms with Crippen molar-refractivity contribution in [2.75, 3.05) is 13.1 Å². The van der Waals surface area contributed by atoms with E-state index in [2.05, 4.69) is 10.3 Å². The molecule has 0 saturated carbocycles. The van der Waals surface area contributed by atoms with Gasteiger partial charge in [-0.15, -0.1) is 0 Å². The minimum absolute atomic E-state index is 0.111. The van der Waals surface area contributed by atoms with E-state index in [-0.39, 0.29) is 11.9 Å². The molecule has 2 unspecified atom stereocenters. The van der Waals surface area contributed by atoms with Gasteiger partial charge in [0.25, 0.3) is 0 Å². The molecule has 3 rings (SSSR count). The Morgan fingerprint density at radius 2 is 2.29 bits per heavy atom. The summed E-state index contributed by atoms with van der Waals surface area (Å²) >= 11 is 0. The molecule has 5 nitrogen and oxygen atoms in total. The first-order valence-electron chi connectivity index (χ1n) is 7.41. The molecule has 1 aromatic heterocycles. The molecule has 1 aliphatic rings. The fourth-order valence-electron chi connectivity index (χ4n) is 2.74. The Morgan fingerprint density at radius 1 is 1.48 bits per heavy atom. The van der Waals surface area contributed by atoms with E-state index >= 15 is 0 Å². The topological polar surface area (TPSA) is 68.4 Å². The number of aromatic amines is 1. The molecule has 0 radical (unpaired) electrons. The Labute approximate surface area is 124 Å². The van der Waals surface area contributed by atoms with Crippen LogP contribution in [0.1, 0.15) is 19.0 Å². The number of aliphatic hydroxyl groups excluding tert-OH is 1. The maximum absolute atomic E-state index is 12.1. The molecule has 2 amide bonds. The van der Waals surface area contributed by atoms with Crippen LogP contribution in [0.15, 0.2) is 30.3 Å². The number of carbonyl (C=O) groups excluding carboxylic acids is 1. The number of urea groups is 1. The Bertz CT molecular complexity index is 604. The van der Waals surface area contributed by atoms with Gasteiger partial charge in [0.1, 0.15) is 0 Å². The number of H-pyrrole nitrogens is 1. The van der Waals surface area contributed by atoms with Crippen LogP contribution < -0.4 is 5.32 Å². The molecule has 1 aliphatic heterocycles. The van der Waals surface area contributed by atoms with Crippen molar-refractivity contribution in [2.24, 2.45) is 5.92 Å². The summed E-state index contributed by atoms with van der Waals surface area (Å²) < 4.78 is 0. The molecule has 5 heteroatoms. The monoisotopic (exact) mass is 287 g/mol. The van der Waals surface area contributed by atoms with Crippen LogP contribution in [0.2, 0.25) is 0 Å². The Morgan fingerprint density at radius 3 is 3.05 bits per heavy atom. The van der Waals surface area contributed by atoms with Gasteiger partial charge in [0.05, 0.1) is 12.6 Å². The number of fused-ring (bicyclic) bond motifs is 1. The zero-order valence-corrected chi connectivity index (χ0v) is 12.2. The van der Waals surface area contributed by atoms with Gasteiger partial charge in [0.15, 0.2) is 0 Å². The van der Waals surface area contributed by atoms with Gasteiger partial charge in [0, 0.05) is 24.3 Å². The zero-order valence-electron chi connectivity index (χ0n) is 12.2. The van der Waals surface area contributed by atoms with E-state index in [1.54, 1.807) is 4.90 Å². The number of aliphatic hydroxyl groups is 1. The lowest BCUT2D eigenvalue weighted by Crippen LogP contribution is -2.49. The molecular weight excluding hydrogens is 266 g/mol. The van der Waals surface area contributed by atoms with E-state index < -0.39 is 6.10 Å². The summed E-state index contributed by atoms with van der Waals surface area (Å²) in [6, 6.07) is 9.97. The van der Waals surface area contributed by atoms with Gasteiger partial charge in [-0.2, -0.15) is 0 Å². The molecular formula is C16H21N3O2. The average Bonchev–Trinajstić information content (AvgIpc) is 2.90. The van der Waals surface area contributed by atoms with Gasteiger partial charge in [-0.05, 0) is 29.9 Å². The number of rotatable bonds is 2. The first kappa shape index (κ1) is 13.9. The lowest BCUT2D eigenvalue weighted by atomic mass is 9.96. The standard InChI is InChI=1S/C16H21N3O2/c1-11-6-7-19(10-15(11)20)16(21)17-9-13-8-12-4-2-3-5-14(12)18-13/h2-5,8,11,15,18,20H,6-7,9-10H2,1H3,(H,17,21). The number of piperidine rings is 1. The van der Waals surface area contributed by atoms with Crippen LogP contribution in [0.25, 0.3) is 10.9 Å².